The van der Waals surface area contributed by atoms with Gasteiger partial charge in [0.2, 0.25) is 13.6 Å². The third kappa shape index (κ3) is 4.55. The fraction of sp³-hybridized carbons (Fsp3) is 0.133. The van der Waals surface area contributed by atoms with Gasteiger partial charge < -0.3 is 5.32 Å². The van der Waals surface area contributed by atoms with Crippen molar-refractivity contribution < 1.29 is 13.2 Å². The van der Waals surface area contributed by atoms with Crippen LogP contribution in [-0.2, 0) is 9.84 Å². The normalized spacial score (nSPS) is 13.3. The molecule has 0 bridgehead atoms. The predicted octanol–water partition coefficient (Wildman–Crippen LogP) is 4.24. The summed E-state index contributed by atoms with van der Waals surface area (Å²) in [6.45, 7) is 0. The van der Waals surface area contributed by atoms with Crippen LogP contribution in [0.2, 0.25) is 5.02 Å². The first-order valence-electron chi connectivity index (χ1n) is 6.54. The highest BCUT2D eigenvalue weighted by Crippen LogP contribution is 2.36. The molecule has 1 unspecified atom stereocenters. The van der Waals surface area contributed by atoms with Crippen LogP contribution < -0.4 is 5.32 Å². The molecular weight excluding hydrogens is 416 g/mol. The van der Waals surface area contributed by atoms with Gasteiger partial charge in [-0.05, 0) is 36.4 Å². The Labute approximate surface area is 159 Å². The maximum Gasteiger partial charge on any atom is 0.252 e. The Balaban J connectivity index is 2.39. The molecule has 0 aliphatic heterocycles. The summed E-state index contributed by atoms with van der Waals surface area (Å²) in [5.74, 6) is -0.676. The van der Waals surface area contributed by atoms with Crippen LogP contribution in [0.25, 0.3) is 0 Å². The van der Waals surface area contributed by atoms with Crippen molar-refractivity contribution in [3.63, 3.8) is 0 Å². The molecule has 9 heteroatoms. The summed E-state index contributed by atoms with van der Waals surface area (Å²) in [7, 11) is -4.17. The Morgan fingerprint density at radius 3 is 2.00 bits per heavy atom. The highest BCUT2D eigenvalue weighted by molar-refractivity contribution is 7.92. The molecule has 2 aromatic carbocycles. The highest BCUT2D eigenvalue weighted by atomic mass is 35.6. The van der Waals surface area contributed by atoms with Gasteiger partial charge in [0, 0.05) is 10.6 Å². The van der Waals surface area contributed by atoms with E-state index >= 15 is 0 Å². The molecule has 0 fully saturated rings. The third-order valence-electron chi connectivity index (χ3n) is 3.05. The molecule has 2 aromatic rings. The van der Waals surface area contributed by atoms with Crippen molar-refractivity contribution in [2.45, 2.75) is 14.1 Å². The number of hydrogen-bond donors (Lipinski definition) is 1. The van der Waals surface area contributed by atoms with Crippen molar-refractivity contribution in [3.05, 3.63) is 65.2 Å². The number of carbonyl (C=O) groups is 1. The lowest BCUT2D eigenvalue weighted by Crippen LogP contribution is -2.49. The van der Waals surface area contributed by atoms with Gasteiger partial charge in [0.15, 0.2) is 5.37 Å². The first-order valence-corrected chi connectivity index (χ1v) is 9.60. The smallest absolute Gasteiger partial charge is 0.252 e. The largest absolute Gasteiger partial charge is 0.332 e. The van der Waals surface area contributed by atoms with Crippen LogP contribution in [0.15, 0.2) is 59.5 Å². The summed E-state index contributed by atoms with van der Waals surface area (Å²) < 4.78 is 23.2. The lowest BCUT2D eigenvalue weighted by Gasteiger charge is -2.25. The number of alkyl halides is 3. The van der Waals surface area contributed by atoms with E-state index in [9.17, 15) is 13.2 Å². The zero-order valence-electron chi connectivity index (χ0n) is 11.9. The van der Waals surface area contributed by atoms with Crippen LogP contribution in [0.1, 0.15) is 10.4 Å². The van der Waals surface area contributed by atoms with Crippen LogP contribution in [0.3, 0.4) is 0 Å². The van der Waals surface area contributed by atoms with Crippen molar-refractivity contribution in [3.8, 4) is 0 Å². The van der Waals surface area contributed by atoms with Crippen LogP contribution >= 0.6 is 46.4 Å². The lowest BCUT2D eigenvalue weighted by atomic mass is 10.2. The van der Waals surface area contributed by atoms with Gasteiger partial charge in [0.05, 0.1) is 4.90 Å². The topological polar surface area (TPSA) is 63.2 Å². The fourth-order valence-corrected chi connectivity index (χ4v) is 4.63. The van der Waals surface area contributed by atoms with Gasteiger partial charge in [-0.25, -0.2) is 8.42 Å². The number of sulfone groups is 1. The van der Waals surface area contributed by atoms with Gasteiger partial charge in [0.25, 0.3) is 5.91 Å². The molecule has 0 spiro atoms. The van der Waals surface area contributed by atoms with Crippen molar-refractivity contribution in [1.82, 2.24) is 5.32 Å². The minimum Gasteiger partial charge on any atom is -0.332 e. The average Bonchev–Trinajstić information content (AvgIpc) is 2.52. The third-order valence-corrected chi connectivity index (χ3v) is 6.36. The number of halogens is 4. The Hall–Kier alpha value is -0.980. The maximum atomic E-state index is 12.7. The van der Waals surface area contributed by atoms with Crippen molar-refractivity contribution in [1.29, 1.82) is 0 Å². The van der Waals surface area contributed by atoms with E-state index in [1.807, 2.05) is 0 Å². The molecule has 1 N–H and O–H groups in total. The molecule has 2 rings (SSSR count). The zero-order valence-corrected chi connectivity index (χ0v) is 15.8. The quantitative estimate of drug-likeness (QED) is 0.743. The molecule has 128 valence electrons. The van der Waals surface area contributed by atoms with E-state index in [0.29, 0.717) is 5.02 Å². The minimum absolute atomic E-state index is 0.128. The van der Waals surface area contributed by atoms with E-state index in [1.165, 1.54) is 36.4 Å². The summed E-state index contributed by atoms with van der Waals surface area (Å²) in [5.41, 5.74) is 0.239. The minimum atomic E-state index is -4.17. The average molecular weight is 427 g/mol. The van der Waals surface area contributed by atoms with E-state index in [0.717, 1.165) is 0 Å². The number of hydrogen-bond acceptors (Lipinski definition) is 3. The van der Waals surface area contributed by atoms with Gasteiger partial charge >= 0.3 is 0 Å². The summed E-state index contributed by atoms with van der Waals surface area (Å²) in [5, 5.41) is 0.851. The summed E-state index contributed by atoms with van der Waals surface area (Å²) in [4.78, 5) is 12.1. The van der Waals surface area contributed by atoms with Crippen LogP contribution in [0, 0.1) is 0 Å². The predicted molar refractivity (Wildman–Crippen MR) is 96.6 cm³/mol. The molecule has 0 aliphatic rings. The first-order chi connectivity index (χ1) is 11.1. The van der Waals surface area contributed by atoms with E-state index in [4.69, 9.17) is 46.4 Å². The number of rotatable bonds is 4. The van der Waals surface area contributed by atoms with Crippen LogP contribution in [0.4, 0.5) is 0 Å². The molecule has 0 aromatic heterocycles. The molecule has 4 nitrogen and oxygen atoms in total. The van der Waals surface area contributed by atoms with Gasteiger partial charge in [0.1, 0.15) is 0 Å². The molecule has 1 atom stereocenters. The fourth-order valence-electron chi connectivity index (χ4n) is 1.89. The molecule has 0 saturated heterocycles. The highest BCUT2D eigenvalue weighted by Gasteiger charge is 2.44. The second-order valence-corrected chi connectivity index (χ2v) is 9.60. The molecule has 0 aliphatic carbocycles. The van der Waals surface area contributed by atoms with Crippen molar-refractivity contribution in [2.24, 2.45) is 0 Å². The maximum absolute atomic E-state index is 12.7. The van der Waals surface area contributed by atoms with E-state index in [2.05, 4.69) is 5.32 Å². The summed E-state index contributed by atoms with van der Waals surface area (Å²) >= 11 is 23.2. The number of nitrogens with one attached hydrogen (secondary N) is 1. The molecular formula is C15H11Cl4NO3S. The Morgan fingerprint density at radius 1 is 0.958 bits per heavy atom. The number of benzene rings is 2. The van der Waals surface area contributed by atoms with Crippen LogP contribution in [0.5, 0.6) is 0 Å². The molecule has 1 amide bonds. The van der Waals surface area contributed by atoms with E-state index in [-0.39, 0.29) is 10.5 Å². The van der Waals surface area contributed by atoms with Gasteiger partial charge in [-0.2, -0.15) is 0 Å². The van der Waals surface area contributed by atoms with Gasteiger partial charge in [-0.1, -0.05) is 64.6 Å². The first kappa shape index (κ1) is 19.3. The summed E-state index contributed by atoms with van der Waals surface area (Å²) in [6.07, 6.45) is 0. The second kappa shape index (κ2) is 7.50. The van der Waals surface area contributed by atoms with Crippen LogP contribution in [-0.4, -0.2) is 23.5 Å². The Bertz CT molecular complexity index is 818. The van der Waals surface area contributed by atoms with E-state index in [1.54, 1.807) is 18.2 Å². The van der Waals surface area contributed by atoms with Crippen molar-refractivity contribution in [2.75, 3.05) is 0 Å². The van der Waals surface area contributed by atoms with Crippen molar-refractivity contribution >= 4 is 62.1 Å². The van der Waals surface area contributed by atoms with Gasteiger partial charge in [-0.3, -0.25) is 4.79 Å². The van der Waals surface area contributed by atoms with E-state index < -0.39 is 24.9 Å². The molecule has 0 radical (unpaired) electrons. The Kier molecular flexibility index (Phi) is 6.04. The monoisotopic (exact) mass is 425 g/mol. The second-order valence-electron chi connectivity index (χ2n) is 4.76. The SMILES string of the molecule is O=C(NC(C(Cl)(Cl)Cl)S(=O)(=O)c1ccc(Cl)cc1)c1ccccc1. The Morgan fingerprint density at radius 2 is 1.50 bits per heavy atom. The molecule has 24 heavy (non-hydrogen) atoms. The lowest BCUT2D eigenvalue weighted by molar-refractivity contribution is 0.0948. The number of amides is 1. The zero-order chi connectivity index (χ0) is 18.0. The number of carbonyl (C=O) groups excluding carboxylic acids is 1. The molecule has 0 saturated carbocycles. The molecule has 0 heterocycles. The van der Waals surface area contributed by atoms with Gasteiger partial charge in [-0.15, -0.1) is 0 Å². The standard InChI is InChI=1S/C15H11Cl4NO3S/c16-11-6-8-12(9-7-11)24(22,23)14(15(17,18)19)20-13(21)10-4-2-1-3-5-10/h1-9,14H,(H,20,21). The summed E-state index contributed by atoms with van der Waals surface area (Å²) in [6, 6.07) is 13.3.